The van der Waals surface area contributed by atoms with Gasteiger partial charge in [-0.2, -0.15) is 0 Å². The molecule has 0 saturated heterocycles. The Morgan fingerprint density at radius 2 is 2.07 bits per heavy atom. The van der Waals surface area contributed by atoms with Gasteiger partial charge in [-0.25, -0.2) is 5.06 Å². The van der Waals surface area contributed by atoms with Crippen LogP contribution in [-0.4, -0.2) is 43.2 Å². The average molecular weight is 202 g/mol. The summed E-state index contributed by atoms with van der Waals surface area (Å²) in [6, 6.07) is -0.431. The van der Waals surface area contributed by atoms with Crippen LogP contribution in [0.3, 0.4) is 0 Å². The van der Waals surface area contributed by atoms with Crippen LogP contribution < -0.4 is 5.23 Å². The molecule has 0 rings (SSSR count). The Morgan fingerprint density at radius 3 is 2.36 bits per heavy atom. The molecule has 1 atom stereocenters. The highest BCUT2D eigenvalue weighted by Gasteiger charge is 2.27. The largest absolute Gasteiger partial charge is 0.437 e. The molecule has 0 aliphatic rings. The lowest BCUT2D eigenvalue weighted by Gasteiger charge is -2.25. The molecule has 0 unspecified atom stereocenters. The van der Waals surface area contributed by atoms with Gasteiger partial charge in [0.15, 0.2) is 0 Å². The molecule has 14 heavy (non-hydrogen) atoms. The summed E-state index contributed by atoms with van der Waals surface area (Å²) in [4.78, 5) is 16.5. The Balaban J connectivity index is 4.41. The van der Waals surface area contributed by atoms with Crippen LogP contribution in [0.2, 0.25) is 6.82 Å². The van der Waals surface area contributed by atoms with E-state index in [0.717, 1.165) is 5.06 Å². The van der Waals surface area contributed by atoms with E-state index >= 15 is 0 Å². The first kappa shape index (κ1) is 13.4. The Morgan fingerprint density at radius 1 is 1.57 bits per heavy atom. The zero-order valence-corrected chi connectivity index (χ0v) is 9.44. The van der Waals surface area contributed by atoms with Gasteiger partial charge in [0.05, 0.1) is 13.2 Å². The molecule has 0 radical (unpaired) electrons. The van der Waals surface area contributed by atoms with Crippen molar-refractivity contribution in [2.24, 2.45) is 5.92 Å². The summed E-state index contributed by atoms with van der Waals surface area (Å²) >= 11 is 0. The van der Waals surface area contributed by atoms with Gasteiger partial charge in [0, 0.05) is 7.05 Å². The molecule has 0 bridgehead atoms. The maximum absolute atomic E-state index is 11.7. The SMILES string of the molecule is CON(C)C(=O)[C@H](NB(C)O)C(C)C. The highest BCUT2D eigenvalue weighted by Crippen LogP contribution is 2.05. The van der Waals surface area contributed by atoms with E-state index in [1.54, 1.807) is 13.9 Å². The van der Waals surface area contributed by atoms with Crippen LogP contribution in [0, 0.1) is 5.92 Å². The number of hydrogen-bond donors (Lipinski definition) is 2. The van der Waals surface area contributed by atoms with E-state index in [9.17, 15) is 4.79 Å². The molecule has 0 aliphatic carbocycles. The molecule has 0 fully saturated rings. The van der Waals surface area contributed by atoms with Gasteiger partial charge in [-0.1, -0.05) is 13.8 Å². The minimum Gasteiger partial charge on any atom is -0.437 e. The number of carbonyl (C=O) groups is 1. The van der Waals surface area contributed by atoms with Crippen molar-refractivity contribution >= 4 is 13.0 Å². The first-order chi connectivity index (χ1) is 6.40. The molecule has 0 aromatic rings. The van der Waals surface area contributed by atoms with Gasteiger partial charge >= 0.3 is 7.05 Å². The van der Waals surface area contributed by atoms with Crippen LogP contribution in [-0.2, 0) is 9.63 Å². The Hall–Kier alpha value is -0.585. The van der Waals surface area contributed by atoms with Gasteiger partial charge in [0.2, 0.25) is 0 Å². The number of amides is 1. The first-order valence-corrected chi connectivity index (χ1v) is 4.66. The van der Waals surface area contributed by atoms with Crippen LogP contribution in [0.15, 0.2) is 0 Å². The standard InChI is InChI=1S/C8H19BN2O3/c1-6(2)7(10-9(3)13)8(12)11(4)14-5/h6-7,10,13H,1-5H3/t7-/m1/s1. The summed E-state index contributed by atoms with van der Waals surface area (Å²) in [5, 5.41) is 13.1. The Labute approximate surface area is 85.5 Å². The number of rotatable bonds is 5. The smallest absolute Gasteiger partial charge is 0.374 e. The minimum absolute atomic E-state index is 0.0923. The highest BCUT2D eigenvalue weighted by atomic mass is 16.7. The number of nitrogens with one attached hydrogen (secondary N) is 1. The number of likely N-dealkylation sites (N-methyl/N-ethyl adjacent to an activating group) is 1. The molecule has 2 N–H and O–H groups in total. The number of carbonyl (C=O) groups excluding carboxylic acids is 1. The van der Waals surface area contributed by atoms with Crippen molar-refractivity contribution in [1.29, 1.82) is 0 Å². The second-order valence-corrected chi connectivity index (χ2v) is 3.58. The second kappa shape index (κ2) is 6.00. The molecule has 1 amide bonds. The molecule has 0 heterocycles. The summed E-state index contributed by atoms with van der Waals surface area (Å²) in [7, 11) is 2.26. The summed E-state index contributed by atoms with van der Waals surface area (Å²) in [5.74, 6) is -0.0990. The van der Waals surface area contributed by atoms with E-state index in [1.807, 2.05) is 13.8 Å². The average Bonchev–Trinajstić information content (AvgIpc) is 2.11. The van der Waals surface area contributed by atoms with Crippen molar-refractivity contribution < 1.29 is 14.7 Å². The molecule has 82 valence electrons. The van der Waals surface area contributed by atoms with Crippen molar-refractivity contribution in [3.05, 3.63) is 0 Å². The molecular weight excluding hydrogens is 183 g/mol. The third-order valence-corrected chi connectivity index (χ3v) is 1.94. The number of hydroxylamine groups is 2. The van der Waals surface area contributed by atoms with Gasteiger partial charge < -0.3 is 10.3 Å². The van der Waals surface area contributed by atoms with Gasteiger partial charge in [-0.05, 0) is 12.7 Å². The van der Waals surface area contributed by atoms with Gasteiger partial charge in [0.25, 0.3) is 5.91 Å². The minimum atomic E-state index is -0.711. The maximum atomic E-state index is 11.7. The second-order valence-electron chi connectivity index (χ2n) is 3.58. The van der Waals surface area contributed by atoms with Gasteiger partial charge in [0.1, 0.15) is 0 Å². The zero-order valence-electron chi connectivity index (χ0n) is 9.44. The summed E-state index contributed by atoms with van der Waals surface area (Å²) < 4.78 is 0. The molecule has 5 nitrogen and oxygen atoms in total. The van der Waals surface area contributed by atoms with E-state index < -0.39 is 13.1 Å². The molecule has 0 aromatic heterocycles. The lowest BCUT2D eigenvalue weighted by molar-refractivity contribution is -0.171. The van der Waals surface area contributed by atoms with Crippen molar-refractivity contribution in [3.8, 4) is 0 Å². The number of hydrogen-bond acceptors (Lipinski definition) is 4. The predicted octanol–water partition coefficient (Wildman–Crippen LogP) is -0.269. The fourth-order valence-corrected chi connectivity index (χ4v) is 1.09. The summed E-state index contributed by atoms with van der Waals surface area (Å²) in [5.41, 5.74) is 0. The lowest BCUT2D eigenvalue weighted by atomic mass is 9.85. The maximum Gasteiger partial charge on any atom is 0.374 e. The lowest BCUT2D eigenvalue weighted by Crippen LogP contribution is -2.52. The zero-order chi connectivity index (χ0) is 11.3. The Kier molecular flexibility index (Phi) is 5.75. The van der Waals surface area contributed by atoms with E-state index in [2.05, 4.69) is 5.23 Å². The molecule has 0 spiro atoms. The van der Waals surface area contributed by atoms with Crippen molar-refractivity contribution in [2.45, 2.75) is 26.7 Å². The highest BCUT2D eigenvalue weighted by molar-refractivity contribution is 6.46. The van der Waals surface area contributed by atoms with Crippen LogP contribution in [0.1, 0.15) is 13.8 Å². The molecule has 0 aromatic carbocycles. The van der Waals surface area contributed by atoms with Gasteiger partial charge in [-0.3, -0.25) is 9.63 Å². The number of nitrogens with zero attached hydrogens (tertiary/aromatic N) is 1. The van der Waals surface area contributed by atoms with E-state index in [4.69, 9.17) is 9.86 Å². The van der Waals surface area contributed by atoms with E-state index in [-0.39, 0.29) is 11.8 Å². The Bertz CT molecular complexity index is 187. The molecule has 0 saturated carbocycles. The predicted molar refractivity (Wildman–Crippen MR) is 55.4 cm³/mol. The first-order valence-electron chi connectivity index (χ1n) is 4.66. The van der Waals surface area contributed by atoms with Gasteiger partial charge in [-0.15, -0.1) is 0 Å². The van der Waals surface area contributed by atoms with Crippen molar-refractivity contribution in [3.63, 3.8) is 0 Å². The summed E-state index contributed by atoms with van der Waals surface area (Å²) in [6.45, 7) is 5.39. The normalized spacial score (nSPS) is 12.8. The van der Waals surface area contributed by atoms with Crippen molar-refractivity contribution in [1.82, 2.24) is 10.3 Å². The molecule has 6 heteroatoms. The third-order valence-electron chi connectivity index (χ3n) is 1.94. The summed E-state index contributed by atoms with van der Waals surface area (Å²) in [6.07, 6.45) is 0. The van der Waals surface area contributed by atoms with Crippen LogP contribution >= 0.6 is 0 Å². The van der Waals surface area contributed by atoms with Crippen LogP contribution in [0.4, 0.5) is 0 Å². The quantitative estimate of drug-likeness (QED) is 0.476. The molecular formula is C8H19BN2O3. The third kappa shape index (κ3) is 4.08. The topological polar surface area (TPSA) is 61.8 Å². The monoisotopic (exact) mass is 202 g/mol. The van der Waals surface area contributed by atoms with Crippen LogP contribution in [0.5, 0.6) is 0 Å². The van der Waals surface area contributed by atoms with E-state index in [1.165, 1.54) is 7.11 Å². The molecule has 0 aliphatic heterocycles. The van der Waals surface area contributed by atoms with Crippen molar-refractivity contribution in [2.75, 3.05) is 14.2 Å². The van der Waals surface area contributed by atoms with E-state index in [0.29, 0.717) is 0 Å². The van der Waals surface area contributed by atoms with Crippen LogP contribution in [0.25, 0.3) is 0 Å². The fourth-order valence-electron chi connectivity index (χ4n) is 1.09. The fraction of sp³-hybridized carbons (Fsp3) is 0.875.